The molecule has 3 rings (SSSR count). The number of rotatable bonds is 5. The molecule has 0 aliphatic rings. The van der Waals surface area contributed by atoms with Crippen LogP contribution in [0.15, 0.2) is 45.6 Å². The van der Waals surface area contributed by atoms with Gasteiger partial charge in [-0.1, -0.05) is 11.2 Å². The molecule has 5 nitrogen and oxygen atoms in total. The van der Waals surface area contributed by atoms with Crippen LogP contribution in [0.25, 0.3) is 11.4 Å². The molecule has 2 heterocycles. The van der Waals surface area contributed by atoms with E-state index in [4.69, 9.17) is 9.26 Å². The fraction of sp³-hybridized carbons (Fsp3) is 0.133. The minimum Gasteiger partial charge on any atom is -0.426 e. The number of hydrogen-bond acceptors (Lipinski definition) is 6. The standard InChI is InChI=1S/C15H11IN2O3S/c16-11-2-1-3-12(8-11)20-14(19)5-4-13-17-15(18-21-13)10-6-7-22-9-10/h1-3,6-9H,4-5H2. The molecule has 0 spiro atoms. The van der Waals surface area contributed by atoms with Gasteiger partial charge in [0.25, 0.3) is 0 Å². The summed E-state index contributed by atoms with van der Waals surface area (Å²) < 4.78 is 11.4. The molecule has 7 heteroatoms. The van der Waals surface area contributed by atoms with Gasteiger partial charge in [-0.25, -0.2) is 0 Å². The third kappa shape index (κ3) is 3.92. The first-order valence-corrected chi connectivity index (χ1v) is 8.54. The van der Waals surface area contributed by atoms with Crippen LogP contribution in [-0.4, -0.2) is 16.1 Å². The Bertz CT molecular complexity index is 771. The summed E-state index contributed by atoms with van der Waals surface area (Å²) >= 11 is 3.73. The molecule has 1 aromatic carbocycles. The lowest BCUT2D eigenvalue weighted by atomic mass is 10.3. The van der Waals surface area contributed by atoms with E-state index in [2.05, 4.69) is 32.7 Å². The highest BCUT2D eigenvalue weighted by atomic mass is 127. The van der Waals surface area contributed by atoms with Gasteiger partial charge >= 0.3 is 5.97 Å². The van der Waals surface area contributed by atoms with Gasteiger partial charge in [0, 0.05) is 20.9 Å². The molecule has 22 heavy (non-hydrogen) atoms. The van der Waals surface area contributed by atoms with Crippen molar-refractivity contribution in [3.63, 3.8) is 0 Å². The third-order valence-corrected chi connectivity index (χ3v) is 4.17. The van der Waals surface area contributed by atoms with Crippen LogP contribution in [-0.2, 0) is 11.2 Å². The number of aromatic nitrogens is 2. The molecule has 112 valence electrons. The number of benzene rings is 1. The number of ether oxygens (including phenoxy) is 1. The minimum atomic E-state index is -0.322. The van der Waals surface area contributed by atoms with Gasteiger partial charge in [0.15, 0.2) is 0 Å². The summed E-state index contributed by atoms with van der Waals surface area (Å²) in [5.41, 5.74) is 0.918. The smallest absolute Gasteiger partial charge is 0.311 e. The number of carbonyl (C=O) groups is 1. The Balaban J connectivity index is 1.55. The molecule has 0 aliphatic heterocycles. The first-order chi connectivity index (χ1) is 10.7. The van der Waals surface area contributed by atoms with Gasteiger partial charge in [0.05, 0.1) is 6.42 Å². The van der Waals surface area contributed by atoms with Crippen molar-refractivity contribution in [1.29, 1.82) is 0 Å². The molecule has 0 N–H and O–H groups in total. The molecule has 0 aliphatic carbocycles. The quantitative estimate of drug-likeness (QED) is 0.351. The Morgan fingerprint density at radius 3 is 3.05 bits per heavy atom. The molecule has 0 fully saturated rings. The second kappa shape index (κ2) is 7.01. The highest BCUT2D eigenvalue weighted by molar-refractivity contribution is 14.1. The maximum Gasteiger partial charge on any atom is 0.311 e. The van der Waals surface area contributed by atoms with E-state index in [9.17, 15) is 4.79 Å². The van der Waals surface area contributed by atoms with E-state index < -0.39 is 0 Å². The molecular formula is C15H11IN2O3S. The lowest BCUT2D eigenvalue weighted by molar-refractivity contribution is -0.134. The van der Waals surface area contributed by atoms with Gasteiger partial charge in [0.1, 0.15) is 5.75 Å². The fourth-order valence-electron chi connectivity index (χ4n) is 1.79. The second-order valence-electron chi connectivity index (χ2n) is 4.46. The Hall–Kier alpha value is -1.74. The first-order valence-electron chi connectivity index (χ1n) is 6.52. The average molecular weight is 426 g/mol. The molecule has 0 unspecified atom stereocenters. The van der Waals surface area contributed by atoms with E-state index in [1.165, 1.54) is 0 Å². The molecule has 0 saturated carbocycles. The monoisotopic (exact) mass is 426 g/mol. The molecule has 2 aromatic heterocycles. The average Bonchev–Trinajstić information content (AvgIpc) is 3.16. The number of carbonyl (C=O) groups excluding carboxylic acids is 1. The predicted octanol–water partition coefficient (Wildman–Crippen LogP) is 3.94. The fourth-order valence-corrected chi connectivity index (χ4v) is 2.94. The first kappa shape index (κ1) is 15.2. The van der Waals surface area contributed by atoms with Crippen molar-refractivity contribution >= 4 is 39.9 Å². The molecule has 0 radical (unpaired) electrons. The van der Waals surface area contributed by atoms with Crippen LogP contribution < -0.4 is 4.74 Å². The van der Waals surface area contributed by atoms with Crippen LogP contribution in [0.5, 0.6) is 5.75 Å². The van der Waals surface area contributed by atoms with Crippen molar-refractivity contribution in [2.45, 2.75) is 12.8 Å². The van der Waals surface area contributed by atoms with Gasteiger partial charge < -0.3 is 9.26 Å². The lowest BCUT2D eigenvalue weighted by Crippen LogP contribution is -2.09. The molecule has 0 amide bonds. The topological polar surface area (TPSA) is 65.2 Å². The summed E-state index contributed by atoms with van der Waals surface area (Å²) in [7, 11) is 0. The highest BCUT2D eigenvalue weighted by Crippen LogP contribution is 2.19. The Labute approximate surface area is 144 Å². The van der Waals surface area contributed by atoms with Crippen LogP contribution in [0, 0.1) is 3.57 Å². The summed E-state index contributed by atoms with van der Waals surface area (Å²) in [6.45, 7) is 0. The van der Waals surface area contributed by atoms with Crippen molar-refractivity contribution in [2.24, 2.45) is 0 Å². The summed E-state index contributed by atoms with van der Waals surface area (Å²) in [4.78, 5) is 16.1. The summed E-state index contributed by atoms with van der Waals surface area (Å²) in [5, 5.41) is 7.79. The SMILES string of the molecule is O=C(CCc1nc(-c2ccsc2)no1)Oc1cccc(I)c1. The van der Waals surface area contributed by atoms with Crippen molar-refractivity contribution in [3.8, 4) is 17.1 Å². The second-order valence-corrected chi connectivity index (χ2v) is 6.48. The Morgan fingerprint density at radius 2 is 2.27 bits per heavy atom. The zero-order valence-corrected chi connectivity index (χ0v) is 14.3. The van der Waals surface area contributed by atoms with E-state index in [1.54, 1.807) is 23.5 Å². The van der Waals surface area contributed by atoms with E-state index in [-0.39, 0.29) is 12.4 Å². The molecule has 0 saturated heterocycles. The normalized spacial score (nSPS) is 10.6. The van der Waals surface area contributed by atoms with Crippen molar-refractivity contribution in [2.75, 3.05) is 0 Å². The van der Waals surface area contributed by atoms with Crippen LogP contribution >= 0.6 is 33.9 Å². The van der Waals surface area contributed by atoms with E-state index in [0.29, 0.717) is 23.9 Å². The number of esters is 1. The zero-order valence-electron chi connectivity index (χ0n) is 11.4. The molecule has 3 aromatic rings. The number of nitrogens with zero attached hydrogens (tertiary/aromatic N) is 2. The maximum absolute atomic E-state index is 11.8. The predicted molar refractivity (Wildman–Crippen MR) is 90.7 cm³/mol. The van der Waals surface area contributed by atoms with Crippen LogP contribution in [0.3, 0.4) is 0 Å². The molecular weight excluding hydrogens is 415 g/mol. The van der Waals surface area contributed by atoms with Crippen LogP contribution in [0.1, 0.15) is 12.3 Å². The van der Waals surface area contributed by atoms with Crippen molar-refractivity contribution in [1.82, 2.24) is 10.1 Å². The van der Waals surface area contributed by atoms with E-state index in [1.807, 2.05) is 29.0 Å². The summed E-state index contributed by atoms with van der Waals surface area (Å²) in [6, 6.07) is 9.25. The third-order valence-electron chi connectivity index (χ3n) is 2.82. The minimum absolute atomic E-state index is 0.191. The molecule has 0 bridgehead atoms. The van der Waals surface area contributed by atoms with Crippen molar-refractivity contribution < 1.29 is 14.1 Å². The number of halogens is 1. The maximum atomic E-state index is 11.8. The number of hydrogen-bond donors (Lipinski definition) is 0. The van der Waals surface area contributed by atoms with Gasteiger partial charge in [-0.05, 0) is 52.2 Å². The van der Waals surface area contributed by atoms with Gasteiger partial charge in [-0.3, -0.25) is 4.79 Å². The van der Waals surface area contributed by atoms with Gasteiger partial charge in [0.2, 0.25) is 11.7 Å². The van der Waals surface area contributed by atoms with Crippen LogP contribution in [0.2, 0.25) is 0 Å². The van der Waals surface area contributed by atoms with E-state index in [0.717, 1.165) is 9.13 Å². The van der Waals surface area contributed by atoms with Crippen LogP contribution in [0.4, 0.5) is 0 Å². The molecule has 0 atom stereocenters. The number of thiophene rings is 1. The van der Waals surface area contributed by atoms with Gasteiger partial charge in [-0.15, -0.1) is 0 Å². The summed E-state index contributed by atoms with van der Waals surface area (Å²) in [6.07, 6.45) is 0.552. The van der Waals surface area contributed by atoms with Gasteiger partial charge in [-0.2, -0.15) is 16.3 Å². The number of aryl methyl sites for hydroxylation is 1. The largest absolute Gasteiger partial charge is 0.426 e. The zero-order chi connectivity index (χ0) is 15.4. The lowest BCUT2D eigenvalue weighted by Gasteiger charge is -2.03. The van der Waals surface area contributed by atoms with Crippen molar-refractivity contribution in [3.05, 3.63) is 50.6 Å². The highest BCUT2D eigenvalue weighted by Gasteiger charge is 2.12. The summed E-state index contributed by atoms with van der Waals surface area (Å²) in [5.74, 6) is 1.20. The Kier molecular flexibility index (Phi) is 4.84. The Morgan fingerprint density at radius 1 is 1.36 bits per heavy atom. The van der Waals surface area contributed by atoms with E-state index >= 15 is 0 Å².